The number of nitrogens with one attached hydrogen (secondary N) is 1. The van der Waals surface area contributed by atoms with Gasteiger partial charge in [-0.1, -0.05) is 12.1 Å². The molecule has 5 heteroatoms. The summed E-state index contributed by atoms with van der Waals surface area (Å²) in [7, 11) is 0. The van der Waals surface area contributed by atoms with E-state index < -0.39 is 17.9 Å². The maximum atomic E-state index is 12.0. The van der Waals surface area contributed by atoms with Gasteiger partial charge >= 0.3 is 5.97 Å². The number of para-hydroxylation sites is 1. The molecule has 1 aromatic rings. The summed E-state index contributed by atoms with van der Waals surface area (Å²) in [6.07, 6.45) is 2.34. The molecule has 1 atom stereocenters. The van der Waals surface area contributed by atoms with E-state index in [9.17, 15) is 9.59 Å². The van der Waals surface area contributed by atoms with Crippen LogP contribution in [-0.4, -0.2) is 29.6 Å². The average molecular weight is 263 g/mol. The molecule has 2 rings (SSSR count). The van der Waals surface area contributed by atoms with Gasteiger partial charge in [-0.2, -0.15) is 0 Å². The van der Waals surface area contributed by atoms with Gasteiger partial charge in [-0.3, -0.25) is 9.59 Å². The fourth-order valence-corrected chi connectivity index (χ4v) is 1.61. The quantitative estimate of drug-likeness (QED) is 0.818. The highest BCUT2D eigenvalue weighted by Crippen LogP contribution is 2.30. The Bertz CT molecular complexity index is 482. The molecule has 1 aliphatic rings. The van der Waals surface area contributed by atoms with Gasteiger partial charge < -0.3 is 15.2 Å². The van der Waals surface area contributed by atoms with Crippen LogP contribution in [0.1, 0.15) is 30.1 Å². The van der Waals surface area contributed by atoms with Crippen LogP contribution in [0.5, 0.6) is 5.75 Å². The van der Waals surface area contributed by atoms with Gasteiger partial charge in [0.15, 0.2) is 0 Å². The van der Waals surface area contributed by atoms with Crippen molar-refractivity contribution in [2.75, 3.05) is 6.61 Å². The zero-order valence-corrected chi connectivity index (χ0v) is 10.8. The number of benzene rings is 1. The third-order valence-corrected chi connectivity index (χ3v) is 3.02. The fraction of sp³-hybridized carbons (Fsp3) is 0.429. The number of amides is 1. The summed E-state index contributed by atoms with van der Waals surface area (Å²) in [6, 6.07) is 5.95. The minimum atomic E-state index is -1.07. The Hall–Kier alpha value is -2.04. The Labute approximate surface area is 111 Å². The summed E-state index contributed by atoms with van der Waals surface area (Å²) in [4.78, 5) is 22.7. The van der Waals surface area contributed by atoms with Gasteiger partial charge in [0.05, 0.1) is 12.2 Å². The van der Waals surface area contributed by atoms with Gasteiger partial charge in [-0.15, -0.1) is 0 Å². The van der Waals surface area contributed by atoms with Crippen LogP contribution in [-0.2, 0) is 4.79 Å². The summed E-state index contributed by atoms with van der Waals surface area (Å²) in [6.45, 7) is 2.03. The van der Waals surface area contributed by atoms with Gasteiger partial charge in [0.25, 0.3) is 5.91 Å². The van der Waals surface area contributed by atoms with Gasteiger partial charge in [0, 0.05) is 0 Å². The van der Waals surface area contributed by atoms with E-state index in [1.807, 2.05) is 0 Å². The van der Waals surface area contributed by atoms with Crippen molar-refractivity contribution in [2.45, 2.75) is 25.8 Å². The van der Waals surface area contributed by atoms with Crippen molar-refractivity contribution in [3.05, 3.63) is 29.8 Å². The molecule has 102 valence electrons. The zero-order chi connectivity index (χ0) is 13.8. The van der Waals surface area contributed by atoms with Crippen LogP contribution < -0.4 is 10.1 Å². The lowest BCUT2D eigenvalue weighted by Gasteiger charge is -2.13. The van der Waals surface area contributed by atoms with Crippen molar-refractivity contribution in [3.8, 4) is 5.75 Å². The molecule has 0 bridgehead atoms. The summed E-state index contributed by atoms with van der Waals surface area (Å²) in [5, 5.41) is 11.2. The maximum Gasteiger partial charge on any atom is 0.325 e. The lowest BCUT2D eigenvalue weighted by molar-refractivity contribution is -0.138. The van der Waals surface area contributed by atoms with E-state index in [1.165, 1.54) is 19.8 Å². The molecule has 0 aliphatic heterocycles. The second kappa shape index (κ2) is 5.73. The van der Waals surface area contributed by atoms with Gasteiger partial charge in [0.2, 0.25) is 0 Å². The molecule has 0 unspecified atom stereocenters. The number of carbonyl (C=O) groups excluding carboxylic acids is 1. The van der Waals surface area contributed by atoms with Crippen molar-refractivity contribution in [3.63, 3.8) is 0 Å². The Morgan fingerprint density at radius 3 is 2.74 bits per heavy atom. The van der Waals surface area contributed by atoms with E-state index >= 15 is 0 Å². The molecule has 1 saturated carbocycles. The Balaban J connectivity index is 2.04. The number of carboxylic acid groups (broad SMARTS) is 1. The number of aliphatic carboxylic acids is 1. The predicted octanol–water partition coefficient (Wildman–Crippen LogP) is 1.68. The number of hydrogen-bond acceptors (Lipinski definition) is 3. The standard InChI is InChI=1S/C14H17NO4/c1-9(14(17)18)15-13(16)11-4-2-3-5-12(11)19-8-10-6-7-10/h2-5,9-10H,6-8H2,1H3,(H,15,16)(H,17,18)/t9-/m1/s1. The van der Waals surface area contributed by atoms with Crippen LogP contribution in [0.4, 0.5) is 0 Å². The normalized spacial score (nSPS) is 15.6. The van der Waals surface area contributed by atoms with Crippen molar-refractivity contribution in [1.29, 1.82) is 0 Å². The van der Waals surface area contributed by atoms with E-state index in [2.05, 4.69) is 5.32 Å². The SMILES string of the molecule is C[C@@H](NC(=O)c1ccccc1OCC1CC1)C(=O)O. The first kappa shape index (κ1) is 13.4. The van der Waals surface area contributed by atoms with Crippen molar-refractivity contribution in [2.24, 2.45) is 5.92 Å². The number of carboxylic acids is 1. The second-order valence-electron chi connectivity index (χ2n) is 4.78. The molecule has 0 heterocycles. The molecule has 1 aromatic carbocycles. The first-order valence-electron chi connectivity index (χ1n) is 6.33. The van der Waals surface area contributed by atoms with E-state index in [0.29, 0.717) is 23.8 Å². The summed E-state index contributed by atoms with van der Waals surface area (Å²) < 4.78 is 5.62. The van der Waals surface area contributed by atoms with Crippen molar-refractivity contribution < 1.29 is 19.4 Å². The molecule has 1 amide bonds. The third kappa shape index (κ3) is 3.71. The Morgan fingerprint density at radius 1 is 1.42 bits per heavy atom. The van der Waals surface area contributed by atoms with Crippen LogP contribution in [0.25, 0.3) is 0 Å². The molecule has 19 heavy (non-hydrogen) atoms. The maximum absolute atomic E-state index is 12.0. The van der Waals surface area contributed by atoms with Crippen molar-refractivity contribution in [1.82, 2.24) is 5.32 Å². The van der Waals surface area contributed by atoms with Crippen LogP contribution in [0.2, 0.25) is 0 Å². The fourth-order valence-electron chi connectivity index (χ4n) is 1.61. The van der Waals surface area contributed by atoms with Gasteiger partial charge in [-0.25, -0.2) is 0 Å². The Kier molecular flexibility index (Phi) is 4.04. The first-order chi connectivity index (χ1) is 9.08. The minimum Gasteiger partial charge on any atom is -0.492 e. The molecule has 1 aliphatic carbocycles. The van der Waals surface area contributed by atoms with Crippen LogP contribution >= 0.6 is 0 Å². The molecule has 1 fully saturated rings. The average Bonchev–Trinajstić information content (AvgIpc) is 3.20. The number of carbonyl (C=O) groups is 2. The molecule has 0 spiro atoms. The van der Waals surface area contributed by atoms with E-state index in [1.54, 1.807) is 24.3 Å². The monoisotopic (exact) mass is 263 g/mol. The van der Waals surface area contributed by atoms with E-state index in [-0.39, 0.29) is 0 Å². The molecule has 0 saturated heterocycles. The third-order valence-electron chi connectivity index (χ3n) is 3.02. The predicted molar refractivity (Wildman–Crippen MR) is 69.2 cm³/mol. The molecule has 0 radical (unpaired) electrons. The second-order valence-corrected chi connectivity index (χ2v) is 4.78. The largest absolute Gasteiger partial charge is 0.492 e. The highest BCUT2D eigenvalue weighted by molar-refractivity contribution is 5.98. The summed E-state index contributed by atoms with van der Waals surface area (Å²) in [5.41, 5.74) is 0.372. The Morgan fingerprint density at radius 2 is 2.11 bits per heavy atom. The highest BCUT2D eigenvalue weighted by atomic mass is 16.5. The van der Waals surface area contributed by atoms with Crippen LogP contribution in [0.3, 0.4) is 0 Å². The number of hydrogen-bond donors (Lipinski definition) is 2. The van der Waals surface area contributed by atoms with Crippen molar-refractivity contribution >= 4 is 11.9 Å². The van der Waals surface area contributed by atoms with Crippen LogP contribution in [0, 0.1) is 5.92 Å². The smallest absolute Gasteiger partial charge is 0.325 e. The lowest BCUT2D eigenvalue weighted by Crippen LogP contribution is -2.38. The molecule has 5 nitrogen and oxygen atoms in total. The number of ether oxygens (including phenoxy) is 1. The molecule has 0 aromatic heterocycles. The topological polar surface area (TPSA) is 75.6 Å². The van der Waals surface area contributed by atoms with E-state index in [4.69, 9.17) is 9.84 Å². The number of rotatable bonds is 6. The van der Waals surface area contributed by atoms with Gasteiger partial charge in [0.1, 0.15) is 11.8 Å². The molecule has 2 N–H and O–H groups in total. The van der Waals surface area contributed by atoms with E-state index in [0.717, 1.165) is 0 Å². The minimum absolute atomic E-state index is 0.372. The molecular formula is C14H17NO4. The summed E-state index contributed by atoms with van der Waals surface area (Å²) >= 11 is 0. The first-order valence-corrected chi connectivity index (χ1v) is 6.33. The summed E-state index contributed by atoms with van der Waals surface area (Å²) in [5.74, 6) is -0.399. The molecular weight excluding hydrogens is 246 g/mol. The highest BCUT2D eigenvalue weighted by Gasteiger charge is 2.23. The lowest BCUT2D eigenvalue weighted by atomic mass is 10.1. The van der Waals surface area contributed by atoms with Gasteiger partial charge in [-0.05, 0) is 37.8 Å². The zero-order valence-electron chi connectivity index (χ0n) is 10.8. The van der Waals surface area contributed by atoms with Crippen LogP contribution in [0.15, 0.2) is 24.3 Å².